The van der Waals surface area contributed by atoms with Crippen molar-refractivity contribution in [2.24, 2.45) is 0 Å². The van der Waals surface area contributed by atoms with Gasteiger partial charge in [0.2, 0.25) is 5.95 Å². The minimum atomic E-state index is -4.37. The van der Waals surface area contributed by atoms with E-state index in [-0.39, 0.29) is 11.3 Å². The third kappa shape index (κ3) is 4.01. The molecule has 30 heavy (non-hydrogen) atoms. The molecule has 0 spiro atoms. The van der Waals surface area contributed by atoms with E-state index in [1.165, 1.54) is 6.92 Å². The summed E-state index contributed by atoms with van der Waals surface area (Å²) in [5.74, 6) is 0.507. The molecule has 0 amide bonds. The lowest BCUT2D eigenvalue weighted by Gasteiger charge is -2.19. The Kier molecular flexibility index (Phi) is 5.57. The predicted octanol–water partition coefficient (Wildman–Crippen LogP) is 2.62. The Morgan fingerprint density at radius 1 is 0.967 bits per heavy atom. The molecule has 2 aromatic rings. The van der Waals surface area contributed by atoms with Gasteiger partial charge < -0.3 is 4.90 Å². The van der Waals surface area contributed by atoms with Crippen molar-refractivity contribution in [3.05, 3.63) is 49.3 Å². The van der Waals surface area contributed by atoms with Crippen molar-refractivity contribution >= 4 is 33.0 Å². The van der Waals surface area contributed by atoms with Crippen LogP contribution in [0.1, 0.15) is 29.8 Å². The van der Waals surface area contributed by atoms with Crippen LogP contribution in [0.5, 0.6) is 0 Å². The zero-order valence-corrected chi connectivity index (χ0v) is 17.4. The van der Waals surface area contributed by atoms with Crippen molar-refractivity contribution in [2.75, 3.05) is 22.7 Å². The molecule has 1 fully saturated rings. The second-order valence-electron chi connectivity index (χ2n) is 6.97. The van der Waals surface area contributed by atoms with E-state index in [9.17, 15) is 28.6 Å². The minimum absolute atomic E-state index is 0.129. The number of nitrogens with zero attached hydrogens (tertiary/aromatic N) is 5. The molecule has 13 heteroatoms. The van der Waals surface area contributed by atoms with E-state index in [0.29, 0.717) is 17.3 Å². The summed E-state index contributed by atoms with van der Waals surface area (Å²) in [6.45, 7) is 6.07. The number of nitro benzene ring substituents is 2. The monoisotopic (exact) mass is 436 g/mol. The molecule has 1 saturated heterocycles. The Morgan fingerprint density at radius 3 is 1.87 bits per heavy atom. The fourth-order valence-corrected chi connectivity index (χ4v) is 4.51. The first-order chi connectivity index (χ1) is 14.0. The number of sulfonamides is 1. The Labute approximate surface area is 172 Å². The molecule has 0 aliphatic carbocycles. The van der Waals surface area contributed by atoms with Crippen molar-refractivity contribution in [2.45, 2.75) is 38.5 Å². The molecule has 1 aliphatic rings. The number of rotatable bonds is 6. The van der Waals surface area contributed by atoms with Gasteiger partial charge in [0.25, 0.3) is 21.4 Å². The van der Waals surface area contributed by atoms with Crippen LogP contribution in [-0.4, -0.2) is 41.3 Å². The molecule has 12 nitrogen and oxygen atoms in total. The zero-order chi connectivity index (χ0) is 22.2. The highest BCUT2D eigenvalue weighted by Gasteiger charge is 2.29. The molecule has 1 aliphatic heterocycles. The molecule has 1 aromatic carbocycles. The highest BCUT2D eigenvalue weighted by atomic mass is 32.2. The van der Waals surface area contributed by atoms with Gasteiger partial charge in [0.1, 0.15) is 10.5 Å². The van der Waals surface area contributed by atoms with Crippen LogP contribution < -0.4 is 9.62 Å². The first kappa shape index (κ1) is 21.4. The number of aromatic nitrogens is 2. The number of hydrogen-bond acceptors (Lipinski definition) is 9. The van der Waals surface area contributed by atoms with Crippen LogP contribution in [0, 0.1) is 41.0 Å². The number of nitro groups is 2. The third-order valence-electron chi connectivity index (χ3n) is 4.91. The van der Waals surface area contributed by atoms with Crippen LogP contribution in [0.4, 0.5) is 23.0 Å². The Bertz CT molecular complexity index is 1090. The molecule has 0 radical (unpaired) electrons. The van der Waals surface area contributed by atoms with E-state index in [2.05, 4.69) is 14.7 Å². The standard InChI is InChI=1S/C17H20N6O6S/c1-10-14(22(24)25)8-13(9-15(10)23(26)27)30(28,29)20-16-11(2)18-17(19-12(16)3)21-6-4-5-7-21/h8-9,20H,4-7H2,1-3H3. The first-order valence-electron chi connectivity index (χ1n) is 9.07. The normalized spacial score (nSPS) is 14.0. The largest absolute Gasteiger partial charge is 0.341 e. The average Bonchev–Trinajstić information content (AvgIpc) is 3.18. The van der Waals surface area contributed by atoms with Crippen LogP contribution in [0.2, 0.25) is 0 Å². The molecular weight excluding hydrogens is 416 g/mol. The van der Waals surface area contributed by atoms with E-state index >= 15 is 0 Å². The Balaban J connectivity index is 2.03. The summed E-state index contributed by atoms with van der Waals surface area (Å²) in [4.78, 5) is 30.9. The van der Waals surface area contributed by atoms with Crippen molar-refractivity contribution in [1.82, 2.24) is 9.97 Å². The van der Waals surface area contributed by atoms with Gasteiger partial charge in [-0.15, -0.1) is 0 Å². The summed E-state index contributed by atoms with van der Waals surface area (Å²) in [5, 5.41) is 22.5. The molecule has 0 bridgehead atoms. The van der Waals surface area contributed by atoms with Gasteiger partial charge in [-0.05, 0) is 33.6 Å². The summed E-state index contributed by atoms with van der Waals surface area (Å²) >= 11 is 0. The van der Waals surface area contributed by atoms with Gasteiger partial charge >= 0.3 is 0 Å². The quantitative estimate of drug-likeness (QED) is 0.530. The van der Waals surface area contributed by atoms with E-state index in [0.717, 1.165) is 38.1 Å². The number of benzene rings is 1. The summed E-state index contributed by atoms with van der Waals surface area (Å²) in [7, 11) is -4.37. The molecule has 0 saturated carbocycles. The van der Waals surface area contributed by atoms with Crippen molar-refractivity contribution in [3.8, 4) is 0 Å². The molecule has 3 rings (SSSR count). The first-order valence-corrected chi connectivity index (χ1v) is 10.6. The fraction of sp³-hybridized carbons (Fsp3) is 0.412. The second kappa shape index (κ2) is 7.82. The van der Waals surface area contributed by atoms with Gasteiger partial charge in [-0.3, -0.25) is 25.0 Å². The van der Waals surface area contributed by atoms with E-state index < -0.39 is 36.1 Å². The van der Waals surface area contributed by atoms with Crippen molar-refractivity contribution in [1.29, 1.82) is 0 Å². The Morgan fingerprint density at radius 2 is 1.43 bits per heavy atom. The minimum Gasteiger partial charge on any atom is -0.341 e. The van der Waals surface area contributed by atoms with E-state index in [1.54, 1.807) is 13.8 Å². The number of hydrogen-bond donors (Lipinski definition) is 1. The predicted molar refractivity (Wildman–Crippen MR) is 108 cm³/mol. The van der Waals surface area contributed by atoms with Crippen LogP contribution in [0.15, 0.2) is 17.0 Å². The SMILES string of the molecule is Cc1nc(N2CCCC2)nc(C)c1NS(=O)(=O)c1cc([N+](=O)[O-])c(C)c([N+](=O)[O-])c1. The van der Waals surface area contributed by atoms with Gasteiger partial charge in [-0.25, -0.2) is 18.4 Å². The van der Waals surface area contributed by atoms with Crippen LogP contribution in [0.25, 0.3) is 0 Å². The van der Waals surface area contributed by atoms with Crippen LogP contribution in [-0.2, 0) is 10.0 Å². The van der Waals surface area contributed by atoms with Gasteiger partial charge in [0.05, 0.1) is 26.9 Å². The lowest BCUT2D eigenvalue weighted by atomic mass is 10.1. The fourth-order valence-electron chi connectivity index (χ4n) is 3.29. The lowest BCUT2D eigenvalue weighted by Crippen LogP contribution is -2.22. The topological polar surface area (TPSA) is 161 Å². The zero-order valence-electron chi connectivity index (χ0n) is 16.6. The summed E-state index contributed by atoms with van der Waals surface area (Å²) in [6.07, 6.45) is 2.06. The maximum Gasteiger partial charge on any atom is 0.280 e. The summed E-state index contributed by atoms with van der Waals surface area (Å²) in [6, 6.07) is 1.60. The van der Waals surface area contributed by atoms with Gasteiger partial charge in [-0.1, -0.05) is 0 Å². The van der Waals surface area contributed by atoms with E-state index in [1.807, 2.05) is 4.90 Å². The van der Waals surface area contributed by atoms with Crippen LogP contribution in [0.3, 0.4) is 0 Å². The Hall–Kier alpha value is -3.35. The number of anilines is 2. The molecule has 160 valence electrons. The molecule has 2 heterocycles. The van der Waals surface area contributed by atoms with Crippen LogP contribution >= 0.6 is 0 Å². The highest BCUT2D eigenvalue weighted by Crippen LogP contribution is 2.33. The summed E-state index contributed by atoms with van der Waals surface area (Å²) < 4.78 is 28.1. The molecule has 0 atom stereocenters. The van der Waals surface area contributed by atoms with Gasteiger partial charge in [0.15, 0.2) is 0 Å². The molecule has 1 N–H and O–H groups in total. The van der Waals surface area contributed by atoms with Gasteiger partial charge in [-0.2, -0.15) is 0 Å². The lowest BCUT2D eigenvalue weighted by molar-refractivity contribution is -0.395. The third-order valence-corrected chi connectivity index (χ3v) is 6.24. The maximum absolute atomic E-state index is 12.9. The molecule has 0 unspecified atom stereocenters. The van der Waals surface area contributed by atoms with Crippen molar-refractivity contribution in [3.63, 3.8) is 0 Å². The number of aryl methyl sites for hydroxylation is 2. The highest BCUT2D eigenvalue weighted by molar-refractivity contribution is 7.92. The molecule has 1 aromatic heterocycles. The molecular formula is C17H20N6O6S. The second-order valence-corrected chi connectivity index (χ2v) is 8.65. The average molecular weight is 436 g/mol. The van der Waals surface area contributed by atoms with E-state index in [4.69, 9.17) is 0 Å². The van der Waals surface area contributed by atoms with Crippen molar-refractivity contribution < 1.29 is 18.3 Å². The van der Waals surface area contributed by atoms with Gasteiger partial charge in [0, 0.05) is 25.2 Å². The number of nitrogens with one attached hydrogen (secondary N) is 1. The smallest absolute Gasteiger partial charge is 0.280 e. The summed E-state index contributed by atoms with van der Waals surface area (Å²) in [5.41, 5.74) is -0.649. The maximum atomic E-state index is 12.9.